The molecule has 1 heterocycles. The first-order valence-corrected chi connectivity index (χ1v) is 5.50. The van der Waals surface area contributed by atoms with Crippen molar-refractivity contribution in [2.24, 2.45) is 0 Å². The minimum absolute atomic E-state index is 0.0768. The van der Waals surface area contributed by atoms with E-state index in [2.05, 4.69) is 10.3 Å². The lowest BCUT2D eigenvalue weighted by molar-refractivity contribution is 0.0691. The Morgan fingerprint density at radius 3 is 3.00 bits per heavy atom. The van der Waals surface area contributed by atoms with Gasteiger partial charge >= 0.3 is 5.97 Å². The van der Waals surface area contributed by atoms with Crippen molar-refractivity contribution >= 4 is 22.4 Å². The SMILES string of the molecule is CCC(CNc1nc(C(=O)O)cs1)OC. The number of thiazole rings is 1. The molecule has 0 aromatic carbocycles. The van der Waals surface area contributed by atoms with Crippen LogP contribution in [0.4, 0.5) is 5.13 Å². The van der Waals surface area contributed by atoms with Crippen LogP contribution < -0.4 is 5.32 Å². The minimum Gasteiger partial charge on any atom is -0.476 e. The highest BCUT2D eigenvalue weighted by Gasteiger charge is 2.09. The van der Waals surface area contributed by atoms with Gasteiger partial charge in [-0.25, -0.2) is 9.78 Å². The van der Waals surface area contributed by atoms with Crippen LogP contribution in [0.15, 0.2) is 5.38 Å². The number of hydrogen-bond donors (Lipinski definition) is 2. The van der Waals surface area contributed by atoms with Crippen molar-refractivity contribution < 1.29 is 14.6 Å². The third-order valence-electron chi connectivity index (χ3n) is 1.99. The van der Waals surface area contributed by atoms with Gasteiger partial charge in [-0.1, -0.05) is 6.92 Å². The van der Waals surface area contributed by atoms with Crippen molar-refractivity contribution in [1.82, 2.24) is 4.98 Å². The summed E-state index contributed by atoms with van der Waals surface area (Å²) in [5.41, 5.74) is 0.0768. The fraction of sp³-hybridized carbons (Fsp3) is 0.556. The predicted molar refractivity (Wildman–Crippen MR) is 58.7 cm³/mol. The van der Waals surface area contributed by atoms with Crippen LogP contribution in [0.3, 0.4) is 0 Å². The number of carbonyl (C=O) groups is 1. The number of aromatic carboxylic acids is 1. The van der Waals surface area contributed by atoms with E-state index in [0.717, 1.165) is 6.42 Å². The number of methoxy groups -OCH3 is 1. The number of nitrogens with zero attached hydrogens (tertiary/aromatic N) is 1. The average Bonchev–Trinajstić information content (AvgIpc) is 2.68. The smallest absolute Gasteiger partial charge is 0.355 e. The lowest BCUT2D eigenvalue weighted by Gasteiger charge is -2.12. The normalized spacial score (nSPS) is 12.4. The summed E-state index contributed by atoms with van der Waals surface area (Å²) >= 11 is 1.28. The van der Waals surface area contributed by atoms with E-state index in [1.807, 2.05) is 6.92 Å². The maximum absolute atomic E-state index is 10.6. The van der Waals surface area contributed by atoms with Gasteiger partial charge in [-0.05, 0) is 6.42 Å². The van der Waals surface area contributed by atoms with Gasteiger partial charge in [-0.15, -0.1) is 11.3 Å². The summed E-state index contributed by atoms with van der Waals surface area (Å²) in [7, 11) is 1.65. The van der Waals surface area contributed by atoms with Gasteiger partial charge in [0, 0.05) is 19.0 Å². The summed E-state index contributed by atoms with van der Waals surface area (Å²) in [5, 5.41) is 13.8. The summed E-state index contributed by atoms with van der Waals surface area (Å²) in [5.74, 6) is -1.00. The van der Waals surface area contributed by atoms with Crippen molar-refractivity contribution in [1.29, 1.82) is 0 Å². The molecule has 15 heavy (non-hydrogen) atoms. The molecule has 5 nitrogen and oxygen atoms in total. The van der Waals surface area contributed by atoms with E-state index in [1.165, 1.54) is 16.7 Å². The number of carboxylic acids is 1. The van der Waals surface area contributed by atoms with Crippen molar-refractivity contribution in [3.63, 3.8) is 0 Å². The molecule has 2 N–H and O–H groups in total. The Labute approximate surface area is 92.1 Å². The Balaban J connectivity index is 2.47. The Hall–Kier alpha value is -1.14. The molecule has 1 aromatic rings. The second-order valence-electron chi connectivity index (χ2n) is 2.99. The molecule has 0 aliphatic carbocycles. The predicted octanol–water partition coefficient (Wildman–Crippen LogP) is 1.68. The molecule has 1 aromatic heterocycles. The van der Waals surface area contributed by atoms with Crippen molar-refractivity contribution in [3.8, 4) is 0 Å². The highest BCUT2D eigenvalue weighted by molar-refractivity contribution is 7.13. The van der Waals surface area contributed by atoms with Crippen molar-refractivity contribution in [2.75, 3.05) is 19.0 Å². The van der Waals surface area contributed by atoms with E-state index < -0.39 is 5.97 Å². The molecule has 1 unspecified atom stereocenters. The molecule has 0 saturated heterocycles. The van der Waals surface area contributed by atoms with E-state index in [9.17, 15) is 4.79 Å². The Bertz CT molecular complexity index is 323. The Morgan fingerprint density at radius 1 is 1.80 bits per heavy atom. The summed E-state index contributed by atoms with van der Waals surface area (Å²) in [6, 6.07) is 0. The lowest BCUT2D eigenvalue weighted by atomic mass is 10.3. The summed E-state index contributed by atoms with van der Waals surface area (Å²) in [4.78, 5) is 14.5. The molecule has 0 saturated carbocycles. The van der Waals surface area contributed by atoms with Gasteiger partial charge in [0.2, 0.25) is 0 Å². The molecular weight excluding hydrogens is 216 g/mol. The summed E-state index contributed by atoms with van der Waals surface area (Å²) < 4.78 is 5.17. The monoisotopic (exact) mass is 230 g/mol. The molecule has 6 heteroatoms. The third kappa shape index (κ3) is 3.49. The van der Waals surface area contributed by atoms with E-state index in [4.69, 9.17) is 9.84 Å². The van der Waals surface area contributed by atoms with E-state index in [1.54, 1.807) is 7.11 Å². The maximum atomic E-state index is 10.6. The molecule has 1 rings (SSSR count). The van der Waals surface area contributed by atoms with Gasteiger partial charge in [-0.3, -0.25) is 0 Å². The molecule has 0 aliphatic heterocycles. The average molecular weight is 230 g/mol. The lowest BCUT2D eigenvalue weighted by Crippen LogP contribution is -2.20. The van der Waals surface area contributed by atoms with Gasteiger partial charge in [0.05, 0.1) is 6.10 Å². The Morgan fingerprint density at radius 2 is 2.53 bits per heavy atom. The van der Waals surface area contributed by atoms with Crippen molar-refractivity contribution in [2.45, 2.75) is 19.4 Å². The molecule has 0 spiro atoms. The van der Waals surface area contributed by atoms with Gasteiger partial charge in [0.25, 0.3) is 0 Å². The number of ether oxygens (including phenoxy) is 1. The molecule has 0 fully saturated rings. The maximum Gasteiger partial charge on any atom is 0.355 e. The van der Waals surface area contributed by atoms with E-state index in [0.29, 0.717) is 11.7 Å². The number of carboxylic acid groups (broad SMARTS) is 1. The second-order valence-corrected chi connectivity index (χ2v) is 3.85. The van der Waals surface area contributed by atoms with Crippen LogP contribution >= 0.6 is 11.3 Å². The number of nitrogens with one attached hydrogen (secondary N) is 1. The number of anilines is 1. The van der Waals surface area contributed by atoms with Crippen LogP contribution in [0.5, 0.6) is 0 Å². The fourth-order valence-corrected chi connectivity index (χ4v) is 1.74. The van der Waals surface area contributed by atoms with Crippen LogP contribution in [0, 0.1) is 0 Å². The molecular formula is C9H14N2O3S. The first-order chi connectivity index (χ1) is 7.17. The molecule has 84 valence electrons. The quantitative estimate of drug-likeness (QED) is 0.778. The zero-order chi connectivity index (χ0) is 11.3. The molecule has 0 amide bonds. The summed E-state index contributed by atoms with van der Waals surface area (Å²) in [6.07, 6.45) is 1.03. The first-order valence-electron chi connectivity index (χ1n) is 4.62. The highest BCUT2D eigenvalue weighted by atomic mass is 32.1. The number of rotatable bonds is 6. The molecule has 1 atom stereocenters. The second kappa shape index (κ2) is 5.67. The molecule has 0 bridgehead atoms. The van der Waals surface area contributed by atoms with E-state index >= 15 is 0 Å². The van der Waals surface area contributed by atoms with Crippen LogP contribution in [0.25, 0.3) is 0 Å². The highest BCUT2D eigenvalue weighted by Crippen LogP contribution is 2.15. The standard InChI is InChI=1S/C9H14N2O3S/c1-3-6(14-2)4-10-9-11-7(5-15-9)8(12)13/h5-6H,3-4H2,1-2H3,(H,10,11)(H,12,13). The zero-order valence-electron chi connectivity index (χ0n) is 8.69. The topological polar surface area (TPSA) is 71.5 Å². The van der Waals surface area contributed by atoms with Gasteiger partial charge < -0.3 is 15.2 Å². The molecule has 0 aliphatic rings. The third-order valence-corrected chi connectivity index (χ3v) is 2.79. The van der Waals surface area contributed by atoms with Gasteiger partial charge in [0.15, 0.2) is 10.8 Å². The van der Waals surface area contributed by atoms with Gasteiger partial charge in [0.1, 0.15) is 0 Å². The fourth-order valence-electron chi connectivity index (χ4n) is 1.05. The van der Waals surface area contributed by atoms with Crippen LogP contribution in [0.2, 0.25) is 0 Å². The van der Waals surface area contributed by atoms with Crippen LogP contribution in [-0.4, -0.2) is 35.8 Å². The van der Waals surface area contributed by atoms with Gasteiger partial charge in [-0.2, -0.15) is 0 Å². The number of aromatic nitrogens is 1. The zero-order valence-corrected chi connectivity index (χ0v) is 9.50. The molecule has 0 radical (unpaired) electrons. The summed E-state index contributed by atoms with van der Waals surface area (Å²) in [6.45, 7) is 2.67. The Kier molecular flexibility index (Phi) is 4.51. The number of hydrogen-bond acceptors (Lipinski definition) is 5. The first kappa shape index (κ1) is 11.9. The van der Waals surface area contributed by atoms with E-state index in [-0.39, 0.29) is 11.8 Å². The van der Waals surface area contributed by atoms with Crippen LogP contribution in [-0.2, 0) is 4.74 Å². The van der Waals surface area contributed by atoms with Crippen molar-refractivity contribution in [3.05, 3.63) is 11.1 Å². The largest absolute Gasteiger partial charge is 0.476 e. The van der Waals surface area contributed by atoms with Crippen LogP contribution in [0.1, 0.15) is 23.8 Å². The minimum atomic E-state index is -1.00.